The number of aromatic nitrogens is 1. The molecule has 0 radical (unpaired) electrons. The predicted molar refractivity (Wildman–Crippen MR) is 165 cm³/mol. The Balaban J connectivity index is 1.25. The van der Waals surface area contributed by atoms with Crippen molar-refractivity contribution in [3.63, 3.8) is 0 Å². The molecule has 1 amide bonds. The Morgan fingerprint density at radius 3 is 2.45 bits per heavy atom. The third-order valence-corrected chi connectivity index (χ3v) is 7.95. The van der Waals surface area contributed by atoms with Gasteiger partial charge in [-0.3, -0.25) is 15.1 Å². The van der Waals surface area contributed by atoms with Gasteiger partial charge in [-0.25, -0.2) is 0 Å². The van der Waals surface area contributed by atoms with E-state index in [1.54, 1.807) is 11.0 Å². The zero-order valence-corrected chi connectivity index (χ0v) is 23.5. The number of para-hydroxylation sites is 1. The number of carbonyl (C=O) groups is 1. The van der Waals surface area contributed by atoms with Crippen molar-refractivity contribution >= 4 is 51.3 Å². The van der Waals surface area contributed by atoms with E-state index < -0.39 is 5.91 Å². The Labute approximate surface area is 238 Å². The molecule has 3 aromatic carbocycles. The summed E-state index contributed by atoms with van der Waals surface area (Å²) in [6.07, 6.45) is 3.82. The first kappa shape index (κ1) is 25.9. The van der Waals surface area contributed by atoms with Gasteiger partial charge in [0.25, 0.3) is 5.91 Å². The quantitative estimate of drug-likeness (QED) is 0.257. The van der Waals surface area contributed by atoms with E-state index in [9.17, 15) is 4.79 Å². The van der Waals surface area contributed by atoms with Crippen LogP contribution >= 0.6 is 11.8 Å². The summed E-state index contributed by atoms with van der Waals surface area (Å²) in [5, 5.41) is 12.5. The minimum absolute atomic E-state index is 0.101. The predicted octanol–water partition coefficient (Wildman–Crippen LogP) is 7.32. The molecule has 1 N–H and O–H groups in total. The third-order valence-electron chi connectivity index (χ3n) is 7.12. The van der Waals surface area contributed by atoms with Gasteiger partial charge < -0.3 is 9.30 Å². The summed E-state index contributed by atoms with van der Waals surface area (Å²) < 4.78 is 8.20. The van der Waals surface area contributed by atoms with Crippen molar-refractivity contribution in [2.24, 2.45) is 4.99 Å². The first-order valence-electron chi connectivity index (χ1n) is 13.3. The Morgan fingerprint density at radius 1 is 0.975 bits per heavy atom. The molecule has 0 fully saturated rings. The average molecular weight is 547 g/mol. The van der Waals surface area contributed by atoms with Crippen LogP contribution in [0.3, 0.4) is 0 Å². The molecule has 0 spiro atoms. The monoisotopic (exact) mass is 546 g/mol. The van der Waals surface area contributed by atoms with Crippen molar-refractivity contribution in [3.8, 4) is 5.75 Å². The summed E-state index contributed by atoms with van der Waals surface area (Å²) in [6.45, 7) is 7.74. The number of nitrogens with one attached hydrogen (secondary N) is 1. The maximum Gasteiger partial charge on any atom is 0.283 e. The molecule has 0 saturated carbocycles. The second-order valence-electron chi connectivity index (χ2n) is 10.8. The number of ether oxygens (including phenoxy) is 1. The van der Waals surface area contributed by atoms with Crippen LogP contribution in [0.5, 0.6) is 5.75 Å². The highest BCUT2D eigenvalue weighted by Crippen LogP contribution is 2.37. The first-order chi connectivity index (χ1) is 19.3. The molecule has 40 heavy (non-hydrogen) atoms. The van der Waals surface area contributed by atoms with Crippen LogP contribution in [0.25, 0.3) is 22.7 Å². The molecule has 7 heteroatoms. The van der Waals surface area contributed by atoms with Crippen LogP contribution < -0.4 is 4.74 Å². The van der Waals surface area contributed by atoms with Gasteiger partial charge in [-0.2, -0.15) is 4.99 Å². The Morgan fingerprint density at radius 2 is 1.70 bits per heavy atom. The minimum Gasteiger partial charge on any atom is -0.492 e. The number of hydrogen-bond donors (Lipinski definition) is 1. The molecule has 200 valence electrons. The molecule has 0 unspecified atom stereocenters. The van der Waals surface area contributed by atoms with Gasteiger partial charge >= 0.3 is 0 Å². The highest BCUT2D eigenvalue weighted by atomic mass is 32.2. The molecule has 0 aliphatic carbocycles. The van der Waals surface area contributed by atoms with Crippen molar-refractivity contribution < 1.29 is 9.53 Å². The smallest absolute Gasteiger partial charge is 0.283 e. The number of rotatable bonds is 6. The van der Waals surface area contributed by atoms with Crippen LogP contribution in [0.1, 0.15) is 37.5 Å². The van der Waals surface area contributed by atoms with E-state index in [1.807, 2.05) is 72.3 Å². The summed E-state index contributed by atoms with van der Waals surface area (Å²) in [6, 6.07) is 26.2. The van der Waals surface area contributed by atoms with E-state index in [-0.39, 0.29) is 16.8 Å². The molecule has 3 heterocycles. The number of amides is 1. The molecule has 0 bridgehead atoms. The molecule has 4 aromatic rings. The van der Waals surface area contributed by atoms with Crippen LogP contribution in [-0.4, -0.2) is 33.0 Å². The van der Waals surface area contributed by atoms with Gasteiger partial charge in [0.15, 0.2) is 5.17 Å². The molecule has 2 aliphatic rings. The summed E-state index contributed by atoms with van der Waals surface area (Å²) in [5.41, 5.74) is 5.38. The fourth-order valence-corrected chi connectivity index (χ4v) is 5.85. The summed E-state index contributed by atoms with van der Waals surface area (Å²) in [5.74, 6) is 0.576. The van der Waals surface area contributed by atoms with Gasteiger partial charge in [-0.05, 0) is 40.8 Å². The van der Waals surface area contributed by atoms with E-state index in [2.05, 4.69) is 48.5 Å². The zero-order chi connectivity index (χ0) is 27.9. The van der Waals surface area contributed by atoms with Gasteiger partial charge in [-0.1, -0.05) is 93.2 Å². The molecule has 2 aliphatic heterocycles. The number of carbonyl (C=O) groups excluding carboxylic acids is 1. The molecule has 0 atom stereocenters. The number of benzene rings is 3. The van der Waals surface area contributed by atoms with Gasteiger partial charge in [0.1, 0.15) is 18.2 Å². The fourth-order valence-electron chi connectivity index (χ4n) is 4.96. The van der Waals surface area contributed by atoms with Crippen LogP contribution in [0.2, 0.25) is 0 Å². The number of amidine groups is 2. The summed E-state index contributed by atoms with van der Waals surface area (Å²) in [7, 11) is 0. The Bertz CT molecular complexity index is 1710. The number of aliphatic imine (C=N–C) groups is 1. The summed E-state index contributed by atoms with van der Waals surface area (Å²) in [4.78, 5) is 19.1. The lowest BCUT2D eigenvalue weighted by Crippen LogP contribution is -2.38. The van der Waals surface area contributed by atoms with E-state index in [0.717, 1.165) is 33.5 Å². The second kappa shape index (κ2) is 10.3. The lowest BCUT2D eigenvalue weighted by molar-refractivity contribution is -0.114. The van der Waals surface area contributed by atoms with Gasteiger partial charge in [-0.15, -0.1) is 0 Å². The highest BCUT2D eigenvalue weighted by molar-refractivity contribution is 8.17. The minimum atomic E-state index is -0.398. The molecular formula is C33H30N4O2S. The normalized spacial score (nSPS) is 16.4. The standard InChI is InChI=1S/C33H30N4O2S/c1-33(2,3)24-13-15-25(16-14-24)39-18-17-36-20-23(26-11-7-8-12-28(26)36)19-27-30(34)37-29(22-9-5-4-6-10-22)21-40-32(37)35-31(27)38/h4-16,19-21,34H,17-18H2,1-3H3/b27-19-,34-30?. The van der Waals surface area contributed by atoms with E-state index in [0.29, 0.717) is 18.3 Å². The lowest BCUT2D eigenvalue weighted by atomic mass is 9.87. The largest absolute Gasteiger partial charge is 0.492 e. The number of nitrogens with zero attached hydrogens (tertiary/aromatic N) is 3. The molecular weight excluding hydrogens is 516 g/mol. The molecule has 0 saturated heterocycles. The summed E-state index contributed by atoms with van der Waals surface area (Å²) >= 11 is 1.37. The van der Waals surface area contributed by atoms with Gasteiger partial charge in [0.05, 0.1) is 17.8 Å². The maximum absolute atomic E-state index is 13.1. The second-order valence-corrected chi connectivity index (χ2v) is 11.7. The van der Waals surface area contributed by atoms with Crippen molar-refractivity contribution in [2.75, 3.05) is 6.61 Å². The topological polar surface area (TPSA) is 70.7 Å². The van der Waals surface area contributed by atoms with Crippen molar-refractivity contribution in [2.45, 2.75) is 32.7 Å². The van der Waals surface area contributed by atoms with E-state index in [1.165, 1.54) is 17.3 Å². The van der Waals surface area contributed by atoms with Crippen LogP contribution in [0.4, 0.5) is 0 Å². The SMILES string of the molecule is CC(C)(C)c1ccc(OCCn2cc(/C=C3/C(=N)N4C(c5ccccc5)=CSC4=NC3=O)c3ccccc32)cc1. The van der Waals surface area contributed by atoms with Crippen LogP contribution in [-0.2, 0) is 16.8 Å². The Hall–Kier alpha value is -4.36. The Kier molecular flexibility index (Phi) is 6.68. The van der Waals surface area contributed by atoms with E-state index >= 15 is 0 Å². The van der Waals surface area contributed by atoms with Crippen molar-refractivity contribution in [1.82, 2.24) is 9.47 Å². The van der Waals surface area contributed by atoms with Crippen LogP contribution in [0.15, 0.2) is 101 Å². The van der Waals surface area contributed by atoms with Crippen LogP contribution in [0, 0.1) is 5.41 Å². The number of thioether (sulfide) groups is 1. The van der Waals surface area contributed by atoms with E-state index in [4.69, 9.17) is 10.1 Å². The molecule has 6 rings (SSSR count). The average Bonchev–Trinajstić information content (AvgIpc) is 3.53. The lowest BCUT2D eigenvalue weighted by Gasteiger charge is -2.26. The van der Waals surface area contributed by atoms with Crippen molar-refractivity contribution in [1.29, 1.82) is 5.41 Å². The number of fused-ring (bicyclic) bond motifs is 2. The maximum atomic E-state index is 13.1. The third kappa shape index (κ3) is 4.89. The molecule has 6 nitrogen and oxygen atoms in total. The number of hydrogen-bond acceptors (Lipinski definition) is 4. The zero-order valence-electron chi connectivity index (χ0n) is 22.7. The van der Waals surface area contributed by atoms with Gasteiger partial charge in [0.2, 0.25) is 0 Å². The highest BCUT2D eigenvalue weighted by Gasteiger charge is 2.36. The molecule has 1 aromatic heterocycles. The fraction of sp³-hybridized carbons (Fsp3) is 0.182. The van der Waals surface area contributed by atoms with Gasteiger partial charge in [0, 0.05) is 28.1 Å². The van der Waals surface area contributed by atoms with Crippen molar-refractivity contribution in [3.05, 3.63) is 113 Å². The first-order valence-corrected chi connectivity index (χ1v) is 14.1.